The van der Waals surface area contributed by atoms with Crippen molar-refractivity contribution in [3.63, 3.8) is 0 Å². The Hall–Kier alpha value is -1.01. The van der Waals surface area contributed by atoms with Crippen LogP contribution in [0.1, 0.15) is 24.2 Å². The molecule has 0 aliphatic heterocycles. The number of hydrogen-bond acceptors (Lipinski definition) is 3. The van der Waals surface area contributed by atoms with Gasteiger partial charge in [-0.25, -0.2) is 0 Å². The average Bonchev–Trinajstić information content (AvgIpc) is 2.64. The summed E-state index contributed by atoms with van der Waals surface area (Å²) in [7, 11) is 1.81. The van der Waals surface area contributed by atoms with Gasteiger partial charge in [-0.2, -0.15) is 13.2 Å². The third-order valence-corrected chi connectivity index (χ3v) is 2.19. The summed E-state index contributed by atoms with van der Waals surface area (Å²) in [5.41, 5.74) is 0.961. The van der Waals surface area contributed by atoms with E-state index in [1.807, 2.05) is 6.07 Å². The predicted molar refractivity (Wildman–Crippen MR) is 56.4 cm³/mol. The van der Waals surface area contributed by atoms with Crippen molar-refractivity contribution in [1.29, 1.82) is 0 Å². The predicted octanol–water partition coefficient (Wildman–Crippen LogP) is 2.86. The molecule has 1 N–H and O–H groups in total. The summed E-state index contributed by atoms with van der Waals surface area (Å²) in [6.07, 6.45) is -3.40. The van der Waals surface area contributed by atoms with Crippen LogP contribution in [-0.4, -0.2) is 19.8 Å². The highest BCUT2D eigenvalue weighted by Gasteiger charge is 2.25. The summed E-state index contributed by atoms with van der Waals surface area (Å²) >= 11 is 0. The Kier molecular flexibility index (Phi) is 5.50. The van der Waals surface area contributed by atoms with Crippen molar-refractivity contribution in [2.24, 2.45) is 0 Å². The monoisotopic (exact) mass is 251 g/mol. The lowest BCUT2D eigenvalue weighted by Crippen LogP contribution is -2.09. The first kappa shape index (κ1) is 14.1. The third kappa shape index (κ3) is 5.74. The van der Waals surface area contributed by atoms with Crippen LogP contribution in [0.2, 0.25) is 0 Å². The maximum absolute atomic E-state index is 11.8. The minimum Gasteiger partial charge on any atom is -0.467 e. The molecule has 0 unspecified atom stereocenters. The van der Waals surface area contributed by atoms with Gasteiger partial charge in [-0.3, -0.25) is 0 Å². The van der Waals surface area contributed by atoms with Crippen LogP contribution in [0.5, 0.6) is 0 Å². The number of furan rings is 1. The Morgan fingerprint density at radius 2 is 2.18 bits per heavy atom. The highest BCUT2D eigenvalue weighted by atomic mass is 19.4. The first-order chi connectivity index (χ1) is 8.03. The van der Waals surface area contributed by atoms with Crippen LogP contribution in [-0.2, 0) is 17.9 Å². The standard InChI is InChI=1S/C11H16F3NO2/c1-15-7-9-3-6-17-10(9)8-16-5-2-4-11(12,13)14/h3,6,15H,2,4-5,7-8H2,1H3. The molecule has 17 heavy (non-hydrogen) atoms. The van der Waals surface area contributed by atoms with Gasteiger partial charge in [0, 0.05) is 25.1 Å². The van der Waals surface area contributed by atoms with E-state index in [2.05, 4.69) is 5.32 Å². The fourth-order valence-corrected chi connectivity index (χ4v) is 1.38. The van der Waals surface area contributed by atoms with Gasteiger partial charge in [0.25, 0.3) is 0 Å². The highest BCUT2D eigenvalue weighted by Crippen LogP contribution is 2.21. The molecule has 0 saturated carbocycles. The second kappa shape index (κ2) is 6.66. The first-order valence-corrected chi connectivity index (χ1v) is 5.37. The van der Waals surface area contributed by atoms with Gasteiger partial charge in [-0.15, -0.1) is 0 Å². The van der Waals surface area contributed by atoms with Crippen molar-refractivity contribution in [2.75, 3.05) is 13.7 Å². The smallest absolute Gasteiger partial charge is 0.389 e. The molecule has 0 aliphatic carbocycles. The van der Waals surface area contributed by atoms with Crippen LogP contribution >= 0.6 is 0 Å². The van der Waals surface area contributed by atoms with E-state index in [0.29, 0.717) is 12.3 Å². The van der Waals surface area contributed by atoms with Gasteiger partial charge in [-0.05, 0) is 19.5 Å². The fraction of sp³-hybridized carbons (Fsp3) is 0.636. The molecular weight excluding hydrogens is 235 g/mol. The van der Waals surface area contributed by atoms with Crippen molar-refractivity contribution in [2.45, 2.75) is 32.2 Å². The molecule has 6 heteroatoms. The lowest BCUT2D eigenvalue weighted by atomic mass is 10.2. The van der Waals surface area contributed by atoms with Gasteiger partial charge < -0.3 is 14.5 Å². The fourth-order valence-electron chi connectivity index (χ4n) is 1.38. The summed E-state index contributed by atoms with van der Waals surface area (Å²) in [5, 5.41) is 2.97. The molecule has 1 aromatic rings. The Balaban J connectivity index is 2.20. The number of halogens is 3. The lowest BCUT2D eigenvalue weighted by Gasteiger charge is -2.06. The molecule has 3 nitrogen and oxygen atoms in total. The van der Waals surface area contributed by atoms with Crippen LogP contribution < -0.4 is 5.32 Å². The van der Waals surface area contributed by atoms with Gasteiger partial charge in [0.05, 0.1) is 6.26 Å². The van der Waals surface area contributed by atoms with Crippen LogP contribution in [0, 0.1) is 0 Å². The summed E-state index contributed by atoms with van der Waals surface area (Å²) < 4.78 is 45.8. The second-order valence-corrected chi connectivity index (χ2v) is 3.67. The van der Waals surface area contributed by atoms with Crippen molar-refractivity contribution < 1.29 is 22.3 Å². The summed E-state index contributed by atoms with van der Waals surface area (Å²) in [5.74, 6) is 0.659. The molecule has 0 aromatic carbocycles. The third-order valence-electron chi connectivity index (χ3n) is 2.19. The van der Waals surface area contributed by atoms with E-state index in [1.54, 1.807) is 13.3 Å². The molecule has 0 atom stereocenters. The zero-order valence-electron chi connectivity index (χ0n) is 9.64. The Bertz CT molecular complexity index is 323. The number of nitrogens with one attached hydrogen (secondary N) is 1. The van der Waals surface area contributed by atoms with Crippen molar-refractivity contribution in [3.05, 3.63) is 23.7 Å². The molecule has 98 valence electrons. The minimum atomic E-state index is -4.11. The molecular formula is C11H16F3NO2. The molecule has 0 saturated heterocycles. The number of ether oxygens (including phenoxy) is 1. The minimum absolute atomic E-state index is 0.0223. The van der Waals surface area contributed by atoms with E-state index in [1.165, 1.54) is 0 Å². The van der Waals surface area contributed by atoms with Crippen LogP contribution in [0.4, 0.5) is 13.2 Å². The molecule has 0 radical (unpaired) electrons. The SMILES string of the molecule is CNCc1ccoc1COCCCC(F)(F)F. The highest BCUT2D eigenvalue weighted by molar-refractivity contribution is 5.15. The Morgan fingerprint density at radius 1 is 1.41 bits per heavy atom. The second-order valence-electron chi connectivity index (χ2n) is 3.67. The lowest BCUT2D eigenvalue weighted by molar-refractivity contribution is -0.138. The van der Waals surface area contributed by atoms with E-state index in [9.17, 15) is 13.2 Å². The molecule has 0 bridgehead atoms. The zero-order valence-corrected chi connectivity index (χ0v) is 9.64. The van der Waals surface area contributed by atoms with E-state index in [4.69, 9.17) is 9.15 Å². The number of rotatable bonds is 7. The molecule has 0 aliphatic rings. The largest absolute Gasteiger partial charge is 0.467 e. The molecule has 0 fully saturated rings. The van der Waals surface area contributed by atoms with Crippen LogP contribution in [0.15, 0.2) is 16.7 Å². The summed E-state index contributed by atoms with van der Waals surface area (Å²) in [6, 6.07) is 1.81. The molecule has 0 spiro atoms. The first-order valence-electron chi connectivity index (χ1n) is 5.37. The van der Waals surface area contributed by atoms with E-state index < -0.39 is 12.6 Å². The number of hydrogen-bond donors (Lipinski definition) is 1. The topological polar surface area (TPSA) is 34.4 Å². The van der Waals surface area contributed by atoms with Gasteiger partial charge in [0.1, 0.15) is 12.4 Å². The molecule has 1 heterocycles. The van der Waals surface area contributed by atoms with E-state index >= 15 is 0 Å². The van der Waals surface area contributed by atoms with Crippen LogP contribution in [0.25, 0.3) is 0 Å². The van der Waals surface area contributed by atoms with Gasteiger partial charge in [0.15, 0.2) is 0 Å². The summed E-state index contributed by atoms with van der Waals surface area (Å²) in [6.45, 7) is 0.943. The summed E-state index contributed by atoms with van der Waals surface area (Å²) in [4.78, 5) is 0. The Morgan fingerprint density at radius 3 is 2.82 bits per heavy atom. The molecule has 1 aromatic heterocycles. The zero-order chi connectivity index (χ0) is 12.7. The van der Waals surface area contributed by atoms with E-state index in [0.717, 1.165) is 5.56 Å². The van der Waals surface area contributed by atoms with Gasteiger partial charge in [-0.1, -0.05) is 0 Å². The van der Waals surface area contributed by atoms with E-state index in [-0.39, 0.29) is 19.6 Å². The van der Waals surface area contributed by atoms with Crippen molar-refractivity contribution in [1.82, 2.24) is 5.32 Å². The average molecular weight is 251 g/mol. The van der Waals surface area contributed by atoms with Crippen LogP contribution in [0.3, 0.4) is 0 Å². The van der Waals surface area contributed by atoms with Crippen molar-refractivity contribution in [3.8, 4) is 0 Å². The van der Waals surface area contributed by atoms with Gasteiger partial charge in [0.2, 0.25) is 0 Å². The maximum Gasteiger partial charge on any atom is 0.389 e. The quantitative estimate of drug-likeness (QED) is 0.757. The Labute approximate surface area is 97.9 Å². The molecule has 1 rings (SSSR count). The normalized spacial score (nSPS) is 12.0. The van der Waals surface area contributed by atoms with Gasteiger partial charge >= 0.3 is 6.18 Å². The maximum atomic E-state index is 11.8. The number of alkyl halides is 3. The van der Waals surface area contributed by atoms with Crippen molar-refractivity contribution >= 4 is 0 Å². The molecule has 0 amide bonds.